The second-order valence-electron chi connectivity index (χ2n) is 3.19. The van der Waals surface area contributed by atoms with Crippen LogP contribution in [-0.2, 0) is 9.53 Å². The maximum absolute atomic E-state index is 9.99. The fourth-order valence-electron chi connectivity index (χ4n) is 1.23. The van der Waals surface area contributed by atoms with Crippen LogP contribution in [0.5, 0.6) is 0 Å². The summed E-state index contributed by atoms with van der Waals surface area (Å²) in [5, 5.41) is 2.30. The van der Waals surface area contributed by atoms with E-state index >= 15 is 0 Å². The molecule has 60 valence electrons. The lowest BCUT2D eigenvalue weighted by atomic mass is 10.1. The highest BCUT2D eigenvalue weighted by molar-refractivity contribution is 6.30. The van der Waals surface area contributed by atoms with E-state index in [1.807, 2.05) is 13.8 Å². The minimum Gasteiger partial charge on any atom is -0.463 e. The molecule has 0 heterocycles. The smallest absolute Gasteiger partial charge is 0.293 e. The molecule has 0 spiro atoms. The van der Waals surface area contributed by atoms with Crippen molar-refractivity contribution >= 4 is 18.1 Å². The first-order valence-electron chi connectivity index (χ1n) is 3.35. The van der Waals surface area contributed by atoms with E-state index in [1.165, 1.54) is 0 Å². The molecular formula is C8H9ClO2. The molecule has 1 aliphatic rings. The van der Waals surface area contributed by atoms with E-state index in [0.29, 0.717) is 6.47 Å². The summed E-state index contributed by atoms with van der Waals surface area (Å²) in [6.45, 7) is 4.45. The molecule has 0 saturated heterocycles. The first-order valence-corrected chi connectivity index (χ1v) is 3.72. The van der Waals surface area contributed by atoms with Crippen molar-refractivity contribution < 1.29 is 9.53 Å². The molecule has 0 N–H and O–H groups in total. The predicted molar refractivity (Wildman–Crippen MR) is 41.8 cm³/mol. The van der Waals surface area contributed by atoms with Crippen molar-refractivity contribution in [3.63, 3.8) is 0 Å². The molecule has 0 amide bonds. The zero-order chi connectivity index (χ0) is 8.48. The molecule has 2 atom stereocenters. The Balaban J connectivity index is 2.57. The molecule has 0 radical (unpaired) electrons. The van der Waals surface area contributed by atoms with Gasteiger partial charge in [0, 0.05) is 10.8 Å². The molecule has 1 fully saturated rings. The summed E-state index contributed by atoms with van der Waals surface area (Å²) in [5.74, 6) is 2.88. The highest BCUT2D eigenvalue weighted by Crippen LogP contribution is 2.53. The van der Waals surface area contributed by atoms with Gasteiger partial charge >= 0.3 is 0 Å². The van der Waals surface area contributed by atoms with Gasteiger partial charge in [-0.2, -0.15) is 0 Å². The number of halogens is 1. The van der Waals surface area contributed by atoms with E-state index in [-0.39, 0.29) is 17.4 Å². The van der Waals surface area contributed by atoms with Crippen LogP contribution in [-0.4, -0.2) is 12.6 Å². The summed E-state index contributed by atoms with van der Waals surface area (Å²) < 4.78 is 4.79. The number of ether oxygens (including phenoxy) is 1. The Morgan fingerprint density at radius 3 is 2.73 bits per heavy atom. The van der Waals surface area contributed by atoms with E-state index in [2.05, 4.69) is 11.3 Å². The Morgan fingerprint density at radius 1 is 1.64 bits per heavy atom. The van der Waals surface area contributed by atoms with Crippen molar-refractivity contribution in [2.24, 2.45) is 11.3 Å². The summed E-state index contributed by atoms with van der Waals surface area (Å²) in [6, 6.07) is 0. The Morgan fingerprint density at radius 2 is 2.27 bits per heavy atom. The van der Waals surface area contributed by atoms with Gasteiger partial charge in [-0.1, -0.05) is 19.8 Å². The van der Waals surface area contributed by atoms with Crippen molar-refractivity contribution in [3.05, 3.63) is 0 Å². The van der Waals surface area contributed by atoms with Crippen molar-refractivity contribution in [2.75, 3.05) is 0 Å². The van der Waals surface area contributed by atoms with Crippen LogP contribution in [0.3, 0.4) is 0 Å². The van der Waals surface area contributed by atoms with Crippen LogP contribution in [0.1, 0.15) is 13.8 Å². The molecule has 11 heavy (non-hydrogen) atoms. The lowest BCUT2D eigenvalue weighted by Crippen LogP contribution is -1.98. The second kappa shape index (κ2) is 2.75. The van der Waals surface area contributed by atoms with Crippen molar-refractivity contribution in [2.45, 2.75) is 20.0 Å². The summed E-state index contributed by atoms with van der Waals surface area (Å²) in [6.07, 6.45) is -0.0775. The zero-order valence-corrected chi connectivity index (χ0v) is 7.18. The lowest BCUT2D eigenvalue weighted by molar-refractivity contribution is -0.130. The van der Waals surface area contributed by atoms with Crippen LogP contribution >= 0.6 is 11.6 Å². The van der Waals surface area contributed by atoms with Gasteiger partial charge in [0.15, 0.2) is 0 Å². The third kappa shape index (κ3) is 1.34. The van der Waals surface area contributed by atoms with Gasteiger partial charge in [-0.25, -0.2) is 0 Å². The molecule has 0 aromatic carbocycles. The number of hydrogen-bond acceptors (Lipinski definition) is 2. The molecular weight excluding hydrogens is 164 g/mol. The van der Waals surface area contributed by atoms with Crippen LogP contribution in [0, 0.1) is 22.6 Å². The quantitative estimate of drug-likeness (QED) is 0.465. The van der Waals surface area contributed by atoms with Crippen LogP contribution in [0.25, 0.3) is 0 Å². The number of hydrogen-bond donors (Lipinski definition) is 0. The fraction of sp³-hybridized carbons (Fsp3) is 0.625. The molecule has 2 unspecified atom stereocenters. The topological polar surface area (TPSA) is 26.3 Å². The molecule has 0 bridgehead atoms. The Labute approximate surface area is 70.9 Å². The van der Waals surface area contributed by atoms with Crippen LogP contribution in [0.15, 0.2) is 0 Å². The molecule has 3 heteroatoms. The van der Waals surface area contributed by atoms with Gasteiger partial charge in [-0.3, -0.25) is 4.79 Å². The Hall–Kier alpha value is -0.680. The molecule has 0 aromatic rings. The monoisotopic (exact) mass is 172 g/mol. The van der Waals surface area contributed by atoms with E-state index in [1.54, 1.807) is 0 Å². The maximum atomic E-state index is 9.99. The maximum Gasteiger partial charge on any atom is 0.293 e. The standard InChI is InChI=1S/C8H9ClO2/c1-8(2)6(3-4-9)7(8)11-5-10/h5-7H,1-2H3. The minimum atomic E-state index is -0.0775. The van der Waals surface area contributed by atoms with E-state index < -0.39 is 0 Å². The SMILES string of the molecule is CC1(C)C(C#CCl)C1OC=O. The molecule has 1 saturated carbocycles. The molecule has 2 nitrogen and oxygen atoms in total. The fourth-order valence-corrected chi connectivity index (χ4v) is 1.34. The first kappa shape index (κ1) is 8.42. The molecule has 1 rings (SSSR count). The summed E-state index contributed by atoms with van der Waals surface area (Å²) >= 11 is 5.22. The average Bonchev–Trinajstić information content (AvgIpc) is 2.41. The summed E-state index contributed by atoms with van der Waals surface area (Å²) in [5.41, 5.74) is -0.0250. The number of carbonyl (C=O) groups is 1. The van der Waals surface area contributed by atoms with Gasteiger partial charge in [0.25, 0.3) is 6.47 Å². The van der Waals surface area contributed by atoms with Gasteiger partial charge < -0.3 is 4.74 Å². The molecule has 0 aromatic heterocycles. The summed E-state index contributed by atoms with van der Waals surface area (Å²) in [7, 11) is 0. The molecule has 0 aliphatic heterocycles. The highest BCUT2D eigenvalue weighted by atomic mass is 35.5. The van der Waals surface area contributed by atoms with Gasteiger partial charge in [0.05, 0.1) is 5.92 Å². The predicted octanol–water partition coefficient (Wildman–Crippen LogP) is 1.38. The largest absolute Gasteiger partial charge is 0.463 e. The minimum absolute atomic E-state index is 0.0250. The second-order valence-corrected chi connectivity index (χ2v) is 3.38. The number of carbonyl (C=O) groups excluding carboxylic acids is 1. The van der Waals surface area contributed by atoms with Crippen LogP contribution < -0.4 is 0 Å². The highest BCUT2D eigenvalue weighted by Gasteiger charge is 2.59. The van der Waals surface area contributed by atoms with E-state index in [0.717, 1.165) is 0 Å². The lowest BCUT2D eigenvalue weighted by Gasteiger charge is -1.96. The van der Waals surface area contributed by atoms with E-state index in [4.69, 9.17) is 16.3 Å². The zero-order valence-electron chi connectivity index (χ0n) is 6.43. The van der Waals surface area contributed by atoms with Crippen molar-refractivity contribution in [1.82, 2.24) is 0 Å². The molecule has 1 aliphatic carbocycles. The normalized spacial score (nSPS) is 31.5. The number of rotatable bonds is 2. The average molecular weight is 173 g/mol. The van der Waals surface area contributed by atoms with E-state index in [9.17, 15) is 4.79 Å². The Bertz CT molecular complexity index is 224. The van der Waals surface area contributed by atoms with Crippen LogP contribution in [0.2, 0.25) is 0 Å². The van der Waals surface area contributed by atoms with Crippen molar-refractivity contribution in [1.29, 1.82) is 0 Å². The third-order valence-electron chi connectivity index (χ3n) is 2.14. The summed E-state index contributed by atoms with van der Waals surface area (Å²) in [4.78, 5) is 9.99. The van der Waals surface area contributed by atoms with Crippen LogP contribution in [0.4, 0.5) is 0 Å². The van der Waals surface area contributed by atoms with Gasteiger partial charge in [-0.05, 0) is 11.6 Å². The van der Waals surface area contributed by atoms with Crippen molar-refractivity contribution in [3.8, 4) is 11.3 Å². The van der Waals surface area contributed by atoms with Gasteiger partial charge in [0.2, 0.25) is 0 Å². The Kier molecular flexibility index (Phi) is 2.10. The third-order valence-corrected chi connectivity index (χ3v) is 2.25. The van der Waals surface area contributed by atoms with Gasteiger partial charge in [0.1, 0.15) is 6.10 Å². The van der Waals surface area contributed by atoms with Gasteiger partial charge in [-0.15, -0.1) is 0 Å². The first-order chi connectivity index (χ1) is 5.14.